The Balaban J connectivity index is 1.72. The molecule has 5 rings (SSSR count). The lowest BCUT2D eigenvalue weighted by Crippen LogP contribution is -2.44. The second kappa shape index (κ2) is 5.74. The molecule has 2 aliphatic rings. The van der Waals surface area contributed by atoms with E-state index in [1.165, 1.54) is 11.6 Å². The second-order valence-corrected chi connectivity index (χ2v) is 7.26. The largest absolute Gasteiger partial charge is 0.394 e. The first kappa shape index (κ1) is 16.6. The topological polar surface area (TPSA) is 113 Å². The van der Waals surface area contributed by atoms with Gasteiger partial charge in [0.05, 0.1) is 12.8 Å². The van der Waals surface area contributed by atoms with Crippen molar-refractivity contribution >= 4 is 33.6 Å². The van der Waals surface area contributed by atoms with Crippen LogP contribution in [-0.2, 0) is 4.74 Å². The van der Waals surface area contributed by atoms with Gasteiger partial charge in [-0.1, -0.05) is 24.3 Å². The molecule has 4 N–H and O–H groups in total. The Labute approximate surface area is 154 Å². The van der Waals surface area contributed by atoms with Crippen molar-refractivity contribution in [3.05, 3.63) is 36.2 Å². The van der Waals surface area contributed by atoms with Crippen LogP contribution in [0.3, 0.4) is 0 Å². The van der Waals surface area contributed by atoms with E-state index in [2.05, 4.69) is 27.6 Å². The molecule has 0 radical (unpaired) electrons. The lowest BCUT2D eigenvalue weighted by molar-refractivity contribution is -0.102. The van der Waals surface area contributed by atoms with E-state index in [-0.39, 0.29) is 6.61 Å². The van der Waals surface area contributed by atoms with Crippen LogP contribution in [-0.4, -0.2) is 61.0 Å². The summed E-state index contributed by atoms with van der Waals surface area (Å²) in [5, 5.41) is 41.2. The minimum atomic E-state index is -1.59. The molecule has 0 saturated carbocycles. The summed E-state index contributed by atoms with van der Waals surface area (Å²) in [6, 6.07) is 4.02. The number of aromatic nitrogens is 3. The molecule has 27 heavy (non-hydrogen) atoms. The van der Waals surface area contributed by atoms with E-state index in [9.17, 15) is 15.3 Å². The lowest BCUT2D eigenvalue weighted by atomic mass is 9.97. The number of anilines is 1. The molecule has 0 spiro atoms. The van der Waals surface area contributed by atoms with Crippen LogP contribution in [0, 0.1) is 0 Å². The van der Waals surface area contributed by atoms with Gasteiger partial charge in [0.15, 0.2) is 6.23 Å². The fraction of sp³-hybridized carbons (Fsp3) is 0.368. The average Bonchev–Trinajstić information content (AvgIpc) is 3.13. The van der Waals surface area contributed by atoms with Gasteiger partial charge in [-0.15, -0.1) is 0 Å². The van der Waals surface area contributed by atoms with Gasteiger partial charge in [-0.2, -0.15) is 5.10 Å². The third kappa shape index (κ3) is 2.31. The van der Waals surface area contributed by atoms with E-state index in [1.807, 2.05) is 12.1 Å². The normalized spacial score (nSPS) is 30.0. The first-order chi connectivity index (χ1) is 13.0. The molecule has 2 aromatic heterocycles. The molecule has 1 fully saturated rings. The van der Waals surface area contributed by atoms with Crippen LogP contribution in [0.15, 0.2) is 30.6 Å². The molecular formula is C19H20N4O4. The van der Waals surface area contributed by atoms with Gasteiger partial charge in [0.25, 0.3) is 0 Å². The van der Waals surface area contributed by atoms with Crippen LogP contribution < -0.4 is 5.32 Å². The zero-order chi connectivity index (χ0) is 18.8. The first-order valence-electron chi connectivity index (χ1n) is 8.88. The number of nitrogens with zero attached hydrogens (tertiary/aromatic N) is 3. The molecule has 0 aliphatic carbocycles. The Bertz CT molecular complexity index is 1070. The zero-order valence-corrected chi connectivity index (χ0v) is 14.7. The highest BCUT2D eigenvalue weighted by Crippen LogP contribution is 2.39. The van der Waals surface area contributed by atoms with Crippen molar-refractivity contribution in [2.24, 2.45) is 0 Å². The standard InChI is InChI=1S/C19H20N4O4/c1-19(26)16(25)14(9-24)27-18(19)23-8-10-4-5-11-12-3-2-6-20-17(12)21-7-13(22-23)15(10)11/h2-5,7-8,14,16,18,20,24-26H,6,9H2,1H3/t14-,16-,18-,19-/m1/s1. The fourth-order valence-electron chi connectivity index (χ4n) is 4.01. The highest BCUT2D eigenvalue weighted by molar-refractivity contribution is 6.12. The van der Waals surface area contributed by atoms with Crippen LogP contribution >= 0.6 is 0 Å². The molecule has 1 saturated heterocycles. The molecule has 8 nitrogen and oxygen atoms in total. The second-order valence-electron chi connectivity index (χ2n) is 7.26. The summed E-state index contributed by atoms with van der Waals surface area (Å²) in [5.74, 6) is 0.800. The summed E-state index contributed by atoms with van der Waals surface area (Å²) < 4.78 is 7.20. The van der Waals surface area contributed by atoms with Crippen molar-refractivity contribution < 1.29 is 20.1 Å². The Morgan fingerprint density at radius 3 is 3.04 bits per heavy atom. The van der Waals surface area contributed by atoms with Gasteiger partial charge in [-0.05, 0) is 12.3 Å². The third-order valence-electron chi connectivity index (χ3n) is 5.45. The van der Waals surface area contributed by atoms with E-state index < -0.39 is 24.0 Å². The maximum atomic E-state index is 10.7. The van der Waals surface area contributed by atoms with E-state index in [4.69, 9.17) is 4.74 Å². The van der Waals surface area contributed by atoms with Gasteiger partial charge in [0, 0.05) is 29.1 Å². The summed E-state index contributed by atoms with van der Waals surface area (Å²) in [5.41, 5.74) is 0.0778. The Hall–Kier alpha value is -2.52. The minimum Gasteiger partial charge on any atom is -0.394 e. The smallest absolute Gasteiger partial charge is 0.181 e. The molecule has 0 bridgehead atoms. The number of hydrogen-bond donors (Lipinski definition) is 4. The van der Waals surface area contributed by atoms with Crippen molar-refractivity contribution in [2.45, 2.75) is 31.0 Å². The molecule has 0 unspecified atom stereocenters. The van der Waals surface area contributed by atoms with Crippen LogP contribution in [0.2, 0.25) is 0 Å². The number of rotatable bonds is 2. The number of aliphatic hydroxyl groups excluding tert-OH is 2. The monoisotopic (exact) mass is 368 g/mol. The predicted molar refractivity (Wildman–Crippen MR) is 100 cm³/mol. The van der Waals surface area contributed by atoms with Gasteiger partial charge in [-0.25, -0.2) is 9.67 Å². The molecular weight excluding hydrogens is 348 g/mol. The van der Waals surface area contributed by atoms with Crippen LogP contribution in [0.25, 0.3) is 27.8 Å². The third-order valence-corrected chi connectivity index (χ3v) is 5.45. The van der Waals surface area contributed by atoms with E-state index in [0.717, 1.165) is 34.1 Å². The summed E-state index contributed by atoms with van der Waals surface area (Å²) in [4.78, 5) is 4.53. The van der Waals surface area contributed by atoms with Gasteiger partial charge < -0.3 is 25.4 Å². The summed E-state index contributed by atoms with van der Waals surface area (Å²) in [6.45, 7) is 1.82. The first-order valence-corrected chi connectivity index (χ1v) is 8.88. The van der Waals surface area contributed by atoms with E-state index >= 15 is 0 Å². The average molecular weight is 368 g/mol. The highest BCUT2D eigenvalue weighted by atomic mass is 16.6. The maximum absolute atomic E-state index is 10.7. The number of hydrogen-bond acceptors (Lipinski definition) is 7. The number of fused-ring (bicyclic) bond motifs is 2. The highest BCUT2D eigenvalue weighted by Gasteiger charge is 2.53. The summed E-state index contributed by atoms with van der Waals surface area (Å²) >= 11 is 0. The van der Waals surface area contributed by atoms with Crippen LogP contribution in [0.5, 0.6) is 0 Å². The molecule has 2 aliphatic heterocycles. The van der Waals surface area contributed by atoms with Crippen molar-refractivity contribution in [1.82, 2.24) is 14.8 Å². The molecule has 8 heteroatoms. The van der Waals surface area contributed by atoms with Crippen molar-refractivity contribution in [3.63, 3.8) is 0 Å². The lowest BCUT2D eigenvalue weighted by Gasteiger charge is -2.27. The molecule has 4 atom stereocenters. The minimum absolute atomic E-state index is 0.389. The molecule has 0 amide bonds. The van der Waals surface area contributed by atoms with E-state index in [0.29, 0.717) is 5.52 Å². The Morgan fingerprint density at radius 1 is 1.41 bits per heavy atom. The van der Waals surface area contributed by atoms with Crippen LogP contribution in [0.4, 0.5) is 5.82 Å². The van der Waals surface area contributed by atoms with Gasteiger partial charge >= 0.3 is 0 Å². The van der Waals surface area contributed by atoms with E-state index in [1.54, 1.807) is 12.4 Å². The molecule has 4 heterocycles. The summed E-state index contributed by atoms with van der Waals surface area (Å²) in [6.07, 6.45) is 4.56. The summed E-state index contributed by atoms with van der Waals surface area (Å²) in [7, 11) is 0. The molecule has 3 aromatic rings. The van der Waals surface area contributed by atoms with Crippen LogP contribution in [0.1, 0.15) is 18.7 Å². The van der Waals surface area contributed by atoms with Gasteiger partial charge in [-0.3, -0.25) is 0 Å². The van der Waals surface area contributed by atoms with Crippen molar-refractivity contribution in [2.75, 3.05) is 18.5 Å². The van der Waals surface area contributed by atoms with Gasteiger partial charge in [0.2, 0.25) is 0 Å². The zero-order valence-electron chi connectivity index (χ0n) is 14.7. The van der Waals surface area contributed by atoms with Crippen molar-refractivity contribution in [3.8, 4) is 0 Å². The number of ether oxygens (including phenoxy) is 1. The molecule has 140 valence electrons. The Morgan fingerprint density at radius 2 is 2.26 bits per heavy atom. The SMILES string of the molecule is C[C@@]1(O)[C@H](O)[C@@H](CO)O[C@H]1n1cc2ccc3c4c(ncc(n1)c23)NCC=C4. The van der Waals surface area contributed by atoms with Crippen molar-refractivity contribution in [1.29, 1.82) is 0 Å². The Kier molecular flexibility index (Phi) is 3.54. The quantitative estimate of drug-likeness (QED) is 0.534. The number of aliphatic hydroxyl groups is 3. The fourth-order valence-corrected chi connectivity index (χ4v) is 4.01. The molecule has 1 aromatic carbocycles. The predicted octanol–water partition coefficient (Wildman–Crippen LogP) is 1.02. The van der Waals surface area contributed by atoms with Gasteiger partial charge in [0.1, 0.15) is 29.1 Å². The maximum Gasteiger partial charge on any atom is 0.181 e. The number of nitrogens with one attached hydrogen (secondary N) is 1.